The third kappa shape index (κ3) is 4.46. The van der Waals surface area contributed by atoms with Gasteiger partial charge in [-0.05, 0) is 61.0 Å². The first kappa shape index (κ1) is 24.3. The normalized spacial score (nSPS) is 20.8. The van der Waals surface area contributed by atoms with Gasteiger partial charge in [-0.1, -0.05) is 32.1 Å². The maximum atomic E-state index is 15.0. The summed E-state index contributed by atoms with van der Waals surface area (Å²) < 4.78 is 15.0. The zero-order valence-electron chi connectivity index (χ0n) is 20.4. The number of aromatic nitrogens is 3. The fourth-order valence-electron chi connectivity index (χ4n) is 5.35. The van der Waals surface area contributed by atoms with Gasteiger partial charge in [-0.3, -0.25) is 9.78 Å². The second-order valence-electron chi connectivity index (χ2n) is 9.30. The molecule has 0 spiro atoms. The van der Waals surface area contributed by atoms with Crippen molar-refractivity contribution in [1.29, 1.82) is 5.26 Å². The van der Waals surface area contributed by atoms with Crippen LogP contribution in [0.1, 0.15) is 43.1 Å². The van der Waals surface area contributed by atoms with Crippen molar-refractivity contribution in [2.24, 2.45) is 11.8 Å². The van der Waals surface area contributed by atoms with Crippen molar-refractivity contribution in [3.8, 4) is 28.7 Å². The topological polar surface area (TPSA) is 79.5 Å². The number of halogens is 1. The standard InChI is InChI=1S/C29H27FN4OS/c1-3-36-13-11-20-14-18(10-12-32-20)29-33-26(22-6-4-5-7-25(22)30)23-9-8-21-17(2)28(35)19(16-31)15-24(21)27(23)34-29/h4-7,10,12,14-15,17,21,24H,3,8-9,11,13H2,1-2H3. The zero-order valence-corrected chi connectivity index (χ0v) is 21.2. The monoisotopic (exact) mass is 498 g/mol. The minimum Gasteiger partial charge on any atom is -0.293 e. The number of rotatable bonds is 6. The van der Waals surface area contributed by atoms with E-state index in [4.69, 9.17) is 9.97 Å². The lowest BCUT2D eigenvalue weighted by atomic mass is 9.66. The maximum absolute atomic E-state index is 15.0. The van der Waals surface area contributed by atoms with Crippen LogP contribution in [-0.4, -0.2) is 32.2 Å². The van der Waals surface area contributed by atoms with Gasteiger partial charge < -0.3 is 0 Å². The second-order valence-corrected chi connectivity index (χ2v) is 10.7. The summed E-state index contributed by atoms with van der Waals surface area (Å²) in [6.45, 7) is 4.04. The molecule has 2 heterocycles. The number of ketones is 1. The lowest BCUT2D eigenvalue weighted by molar-refractivity contribution is -0.120. The third-order valence-electron chi connectivity index (χ3n) is 7.24. The van der Waals surface area contributed by atoms with Crippen LogP contribution in [0.2, 0.25) is 0 Å². The van der Waals surface area contributed by atoms with E-state index in [1.54, 1.807) is 24.4 Å². The fourth-order valence-corrected chi connectivity index (χ4v) is 6.00. The Morgan fingerprint density at radius 2 is 2.06 bits per heavy atom. The van der Waals surface area contributed by atoms with Crippen LogP contribution >= 0.6 is 11.8 Å². The van der Waals surface area contributed by atoms with E-state index in [1.165, 1.54) is 6.07 Å². The second kappa shape index (κ2) is 10.3. The highest BCUT2D eigenvalue weighted by Crippen LogP contribution is 2.47. The predicted octanol–water partition coefficient (Wildman–Crippen LogP) is 5.96. The van der Waals surface area contributed by atoms with Crippen molar-refractivity contribution in [2.75, 3.05) is 11.5 Å². The third-order valence-corrected chi connectivity index (χ3v) is 8.14. The van der Waals surface area contributed by atoms with E-state index in [9.17, 15) is 10.1 Å². The minimum absolute atomic E-state index is 0.0531. The molecule has 5 nitrogen and oxygen atoms in total. The molecule has 2 aliphatic rings. The number of fused-ring (bicyclic) bond motifs is 3. The molecule has 0 N–H and O–H groups in total. The molecule has 3 unspecified atom stereocenters. The summed E-state index contributed by atoms with van der Waals surface area (Å²) in [5.74, 6) is 1.71. The zero-order chi connectivity index (χ0) is 25.2. The summed E-state index contributed by atoms with van der Waals surface area (Å²) in [5.41, 5.74) is 4.69. The van der Waals surface area contributed by atoms with E-state index in [0.29, 0.717) is 23.5 Å². The molecule has 2 aromatic heterocycles. The van der Waals surface area contributed by atoms with Gasteiger partial charge in [-0.25, -0.2) is 14.4 Å². The van der Waals surface area contributed by atoms with Crippen LogP contribution in [0.25, 0.3) is 22.6 Å². The number of Topliss-reactive ketones (excluding diaryl/α,β-unsaturated/α-hetero) is 1. The van der Waals surface area contributed by atoms with E-state index in [1.807, 2.05) is 36.9 Å². The molecule has 0 fully saturated rings. The molecule has 0 aliphatic heterocycles. The molecule has 2 aliphatic carbocycles. The number of carbonyl (C=O) groups is 1. The minimum atomic E-state index is -0.334. The van der Waals surface area contributed by atoms with Crippen LogP contribution in [0.15, 0.2) is 54.2 Å². The van der Waals surface area contributed by atoms with E-state index < -0.39 is 0 Å². The first-order valence-corrected chi connectivity index (χ1v) is 13.5. The van der Waals surface area contributed by atoms with Crippen molar-refractivity contribution in [3.05, 3.63) is 77.0 Å². The van der Waals surface area contributed by atoms with Gasteiger partial charge in [0.1, 0.15) is 11.9 Å². The number of nitriles is 1. The van der Waals surface area contributed by atoms with Gasteiger partial charge >= 0.3 is 0 Å². The van der Waals surface area contributed by atoms with E-state index in [2.05, 4.69) is 18.0 Å². The van der Waals surface area contributed by atoms with Gasteiger partial charge in [-0.15, -0.1) is 0 Å². The first-order chi connectivity index (χ1) is 17.5. The van der Waals surface area contributed by atoms with Crippen LogP contribution in [-0.2, 0) is 17.6 Å². The Labute approximate surface area is 214 Å². The molecule has 0 amide bonds. The summed E-state index contributed by atoms with van der Waals surface area (Å²) in [4.78, 5) is 27.1. The lowest BCUT2D eigenvalue weighted by Gasteiger charge is -2.38. The van der Waals surface area contributed by atoms with Gasteiger partial charge in [0.15, 0.2) is 11.6 Å². The number of aryl methyl sites for hydroxylation is 1. The molecule has 0 saturated heterocycles. The number of pyridine rings is 1. The average Bonchev–Trinajstić information content (AvgIpc) is 2.90. The number of thioether (sulfide) groups is 1. The molecule has 182 valence electrons. The van der Waals surface area contributed by atoms with Crippen molar-refractivity contribution in [3.63, 3.8) is 0 Å². The van der Waals surface area contributed by atoms with Crippen LogP contribution in [0.4, 0.5) is 4.39 Å². The Bertz CT molecular complexity index is 1400. The van der Waals surface area contributed by atoms with E-state index in [0.717, 1.165) is 46.9 Å². The predicted molar refractivity (Wildman–Crippen MR) is 140 cm³/mol. The van der Waals surface area contributed by atoms with Gasteiger partial charge in [0.2, 0.25) is 0 Å². The molecule has 3 aromatic rings. The van der Waals surface area contributed by atoms with Crippen LogP contribution in [0, 0.1) is 29.0 Å². The molecular formula is C29H27FN4OS. The Morgan fingerprint density at radius 1 is 1.22 bits per heavy atom. The Morgan fingerprint density at radius 3 is 2.83 bits per heavy atom. The first-order valence-electron chi connectivity index (χ1n) is 12.4. The summed E-state index contributed by atoms with van der Waals surface area (Å²) >= 11 is 1.87. The van der Waals surface area contributed by atoms with Crippen molar-refractivity contribution in [2.45, 2.75) is 39.0 Å². The summed E-state index contributed by atoms with van der Waals surface area (Å²) in [5, 5.41) is 9.61. The largest absolute Gasteiger partial charge is 0.293 e. The molecule has 1 aromatic carbocycles. The van der Waals surface area contributed by atoms with Gasteiger partial charge in [0.05, 0.1) is 17.0 Å². The number of hydrogen-bond donors (Lipinski definition) is 0. The maximum Gasteiger partial charge on any atom is 0.176 e. The number of nitrogens with zero attached hydrogens (tertiary/aromatic N) is 4. The average molecular weight is 499 g/mol. The number of hydrogen-bond acceptors (Lipinski definition) is 6. The Hall–Kier alpha value is -3.37. The molecular weight excluding hydrogens is 471 g/mol. The van der Waals surface area contributed by atoms with Crippen molar-refractivity contribution >= 4 is 17.5 Å². The molecule has 3 atom stereocenters. The van der Waals surface area contributed by atoms with Crippen LogP contribution in [0.5, 0.6) is 0 Å². The van der Waals surface area contributed by atoms with Gasteiger partial charge in [-0.2, -0.15) is 17.0 Å². The molecule has 0 bridgehead atoms. The fraction of sp³-hybridized carbons (Fsp3) is 0.345. The van der Waals surface area contributed by atoms with E-state index >= 15 is 4.39 Å². The van der Waals surface area contributed by atoms with Crippen LogP contribution < -0.4 is 0 Å². The van der Waals surface area contributed by atoms with Crippen LogP contribution in [0.3, 0.4) is 0 Å². The Balaban J connectivity index is 1.69. The quantitative estimate of drug-likeness (QED) is 0.391. The summed E-state index contributed by atoms with van der Waals surface area (Å²) in [6.07, 6.45) is 5.80. The van der Waals surface area contributed by atoms with E-state index in [-0.39, 0.29) is 34.9 Å². The SMILES string of the molecule is CCSCCc1cc(-c2nc(-c3ccccc3F)c3c(n2)C2C=C(C#N)C(=O)C(C)C2CC3)ccn1. The molecule has 0 saturated carbocycles. The van der Waals surface area contributed by atoms with Crippen molar-refractivity contribution in [1.82, 2.24) is 15.0 Å². The van der Waals surface area contributed by atoms with Gasteiger partial charge in [0, 0.05) is 40.4 Å². The molecule has 7 heteroatoms. The number of allylic oxidation sites excluding steroid dienone is 2. The number of carbonyl (C=O) groups excluding carboxylic acids is 1. The van der Waals surface area contributed by atoms with Gasteiger partial charge in [0.25, 0.3) is 0 Å². The summed E-state index contributed by atoms with van der Waals surface area (Å²) in [7, 11) is 0. The lowest BCUT2D eigenvalue weighted by Crippen LogP contribution is -2.35. The number of benzene rings is 1. The Kier molecular flexibility index (Phi) is 6.97. The smallest absolute Gasteiger partial charge is 0.176 e. The highest BCUT2D eigenvalue weighted by molar-refractivity contribution is 7.99. The highest BCUT2D eigenvalue weighted by Gasteiger charge is 2.42. The molecule has 0 radical (unpaired) electrons. The molecule has 36 heavy (non-hydrogen) atoms. The molecule has 5 rings (SSSR count). The van der Waals surface area contributed by atoms with Crippen molar-refractivity contribution < 1.29 is 9.18 Å². The highest BCUT2D eigenvalue weighted by atomic mass is 32.2. The summed E-state index contributed by atoms with van der Waals surface area (Å²) in [6, 6.07) is 12.6.